The Morgan fingerprint density at radius 3 is 0.732 bits per heavy atom. The molecule has 0 aliphatic carbocycles. The van der Waals surface area contributed by atoms with Crippen LogP contribution in [0.15, 0.2) is 194 Å². The van der Waals surface area contributed by atoms with Gasteiger partial charge >= 0.3 is 0 Å². The van der Waals surface area contributed by atoms with Crippen molar-refractivity contribution in [2.24, 2.45) is 0 Å². The first-order valence-electron chi connectivity index (χ1n) is 17.8. The Morgan fingerprint density at radius 1 is 0.250 bits per heavy atom. The highest BCUT2D eigenvalue weighted by molar-refractivity contribution is 7.83. The van der Waals surface area contributed by atoms with Gasteiger partial charge in [-0.05, 0) is 59.6 Å². The van der Waals surface area contributed by atoms with Gasteiger partial charge in [-0.1, -0.05) is 193 Å². The van der Waals surface area contributed by atoms with Gasteiger partial charge in [-0.15, -0.1) is 0 Å². The first-order valence-corrected chi connectivity index (χ1v) is 21.2. The quantitative estimate of drug-likeness (QED) is 0.133. The highest BCUT2D eigenvalue weighted by Crippen LogP contribution is 2.43. The van der Waals surface area contributed by atoms with Gasteiger partial charge in [-0.25, -0.2) is 0 Å². The molecular formula is C52H32O2P2. The van der Waals surface area contributed by atoms with Gasteiger partial charge in [0.25, 0.3) is 0 Å². The molecule has 0 radical (unpaired) electrons. The lowest BCUT2D eigenvalue weighted by Gasteiger charge is -2.12. The molecule has 56 heavy (non-hydrogen) atoms. The maximum Gasteiger partial charge on any atom is 0.211 e. The summed E-state index contributed by atoms with van der Waals surface area (Å²) >= 11 is 0. The fourth-order valence-corrected chi connectivity index (χ4v) is 9.86. The molecule has 7 rings (SSSR count). The summed E-state index contributed by atoms with van der Waals surface area (Å²) in [7, 11) is -6.46. The van der Waals surface area contributed by atoms with Crippen LogP contribution in [0.25, 0.3) is 0 Å². The first-order chi connectivity index (χ1) is 27.5. The third-order valence-electron chi connectivity index (χ3n) is 8.75. The Balaban J connectivity index is 1.16. The molecule has 0 heterocycles. The standard InChI is InChI=1S/C52H32O2P2/c53-55(49-29-5-1-6-30-49,50-31-7-2-8-32-50)41-39-47-27-19-16-24-44(47)23-14-13-21-43-22-15-17-25-45(43)37-38-46-26-18-20-28-48(46)40-42-56(54,51-33-9-3-10-34-51)52-35-11-4-12-36-52/h1-12,15-20,22,24-36H. The smallest absolute Gasteiger partial charge is 0.211 e. The van der Waals surface area contributed by atoms with Crippen molar-refractivity contribution in [1.82, 2.24) is 0 Å². The van der Waals surface area contributed by atoms with Crippen molar-refractivity contribution in [3.8, 4) is 58.7 Å². The molecule has 262 valence electrons. The normalized spacial score (nSPS) is 10.3. The topological polar surface area (TPSA) is 34.1 Å². The molecule has 0 N–H and O–H groups in total. The second-order valence-corrected chi connectivity index (χ2v) is 17.4. The molecule has 0 unspecified atom stereocenters. The molecule has 7 aromatic carbocycles. The monoisotopic (exact) mass is 750 g/mol. The van der Waals surface area contributed by atoms with Crippen LogP contribution in [0.1, 0.15) is 33.4 Å². The van der Waals surface area contributed by atoms with E-state index in [-0.39, 0.29) is 0 Å². The summed E-state index contributed by atoms with van der Waals surface area (Å²) in [6, 6.07) is 60.3. The maximum absolute atomic E-state index is 14.5. The summed E-state index contributed by atoms with van der Waals surface area (Å²) in [6.45, 7) is 0. The molecule has 0 saturated carbocycles. The van der Waals surface area contributed by atoms with Gasteiger partial charge in [-0.2, -0.15) is 0 Å². The van der Waals surface area contributed by atoms with E-state index in [0.717, 1.165) is 16.7 Å². The van der Waals surface area contributed by atoms with Gasteiger partial charge in [0.15, 0.2) is 0 Å². The molecule has 0 amide bonds. The molecule has 0 fully saturated rings. The zero-order valence-electron chi connectivity index (χ0n) is 30.2. The van der Waals surface area contributed by atoms with E-state index < -0.39 is 14.3 Å². The lowest BCUT2D eigenvalue weighted by atomic mass is 10.1. The summed E-state index contributed by atoms with van der Waals surface area (Å²) in [5.74, 6) is 25.2. The summed E-state index contributed by atoms with van der Waals surface area (Å²) < 4.78 is 28.9. The van der Waals surface area contributed by atoms with Crippen molar-refractivity contribution < 1.29 is 9.13 Å². The summed E-state index contributed by atoms with van der Waals surface area (Å²) in [4.78, 5) is 0. The van der Waals surface area contributed by atoms with Gasteiger partial charge in [0.1, 0.15) is 0 Å². The van der Waals surface area contributed by atoms with Crippen LogP contribution in [0.2, 0.25) is 0 Å². The number of hydrogen-bond acceptors (Lipinski definition) is 2. The van der Waals surface area contributed by atoms with Gasteiger partial charge in [-0.3, -0.25) is 9.13 Å². The molecule has 0 atom stereocenters. The zero-order chi connectivity index (χ0) is 38.5. The molecule has 7 aromatic rings. The van der Waals surface area contributed by atoms with Crippen molar-refractivity contribution in [2.75, 3.05) is 0 Å². The van der Waals surface area contributed by atoms with E-state index in [1.807, 2.05) is 194 Å². The molecule has 0 aliphatic rings. The SMILES string of the molecule is O=P(C#Cc1ccccc1C#CC#Cc1ccccc1C#Cc1ccccc1C#CP(=O)(c1ccccc1)c1ccccc1)(c1ccccc1)c1ccccc1. The number of hydrogen-bond donors (Lipinski definition) is 0. The lowest BCUT2D eigenvalue weighted by Crippen LogP contribution is -2.14. The van der Waals surface area contributed by atoms with Gasteiger partial charge in [0.2, 0.25) is 14.3 Å². The molecule has 4 heteroatoms. The minimum Gasteiger partial charge on any atom is -0.300 e. The maximum atomic E-state index is 14.5. The third kappa shape index (κ3) is 8.77. The zero-order valence-corrected chi connectivity index (χ0v) is 32.0. The largest absolute Gasteiger partial charge is 0.300 e. The van der Waals surface area contributed by atoms with E-state index in [0.29, 0.717) is 37.9 Å². The van der Waals surface area contributed by atoms with E-state index in [9.17, 15) is 9.13 Å². The van der Waals surface area contributed by atoms with Crippen LogP contribution in [0.4, 0.5) is 0 Å². The third-order valence-corrected chi connectivity index (χ3v) is 13.7. The fourth-order valence-electron chi connectivity index (χ4n) is 5.82. The van der Waals surface area contributed by atoms with Crippen LogP contribution in [0.5, 0.6) is 0 Å². The van der Waals surface area contributed by atoms with E-state index in [4.69, 9.17) is 0 Å². The van der Waals surface area contributed by atoms with Crippen molar-refractivity contribution in [1.29, 1.82) is 0 Å². The summed E-state index contributed by atoms with van der Waals surface area (Å²) in [5.41, 5.74) is 10.5. The second kappa shape index (κ2) is 17.7. The number of benzene rings is 7. The van der Waals surface area contributed by atoms with Crippen molar-refractivity contribution in [2.45, 2.75) is 0 Å². The molecule has 0 aromatic heterocycles. The van der Waals surface area contributed by atoms with Crippen LogP contribution in [0, 0.1) is 58.7 Å². The van der Waals surface area contributed by atoms with Gasteiger partial charge < -0.3 is 0 Å². The Bertz CT molecular complexity index is 2840. The predicted molar refractivity (Wildman–Crippen MR) is 232 cm³/mol. The van der Waals surface area contributed by atoms with E-state index >= 15 is 0 Å². The Kier molecular flexibility index (Phi) is 11.8. The fraction of sp³-hybridized carbons (Fsp3) is 0. The van der Waals surface area contributed by atoms with Crippen LogP contribution < -0.4 is 21.2 Å². The second-order valence-electron chi connectivity index (χ2n) is 12.4. The average molecular weight is 751 g/mol. The van der Waals surface area contributed by atoms with Crippen molar-refractivity contribution >= 4 is 35.5 Å². The van der Waals surface area contributed by atoms with E-state index in [1.54, 1.807) is 0 Å². The lowest BCUT2D eigenvalue weighted by molar-refractivity contribution is 0.592. The molecule has 0 aliphatic heterocycles. The minimum absolute atomic E-state index is 0.672. The highest BCUT2D eigenvalue weighted by Gasteiger charge is 2.25. The van der Waals surface area contributed by atoms with Crippen molar-refractivity contribution in [3.05, 3.63) is 228 Å². The summed E-state index contributed by atoms with van der Waals surface area (Å²) in [5, 5.41) is 2.74. The summed E-state index contributed by atoms with van der Waals surface area (Å²) in [6.07, 6.45) is 0. The molecule has 0 spiro atoms. The highest BCUT2D eigenvalue weighted by atomic mass is 31.2. The Labute approximate surface area is 329 Å². The molecule has 2 nitrogen and oxygen atoms in total. The van der Waals surface area contributed by atoms with Crippen LogP contribution in [0.3, 0.4) is 0 Å². The average Bonchev–Trinajstić information content (AvgIpc) is 3.27. The Hall–Kier alpha value is -7.20. The van der Waals surface area contributed by atoms with Crippen molar-refractivity contribution in [3.63, 3.8) is 0 Å². The molecular weight excluding hydrogens is 719 g/mol. The predicted octanol–water partition coefficient (Wildman–Crippen LogP) is 9.14. The number of rotatable bonds is 4. The molecule has 0 bridgehead atoms. The van der Waals surface area contributed by atoms with Crippen LogP contribution in [-0.2, 0) is 9.13 Å². The Morgan fingerprint density at radius 2 is 0.464 bits per heavy atom. The van der Waals surface area contributed by atoms with E-state index in [2.05, 4.69) is 58.7 Å². The first kappa shape index (κ1) is 37.1. The van der Waals surface area contributed by atoms with E-state index in [1.165, 1.54) is 0 Å². The molecule has 0 saturated heterocycles. The van der Waals surface area contributed by atoms with Crippen LogP contribution in [-0.4, -0.2) is 0 Å². The van der Waals surface area contributed by atoms with Gasteiger partial charge in [0, 0.05) is 54.6 Å². The van der Waals surface area contributed by atoms with Crippen LogP contribution >= 0.6 is 14.3 Å². The van der Waals surface area contributed by atoms with Gasteiger partial charge in [0.05, 0.1) is 0 Å². The minimum atomic E-state index is -3.23.